The summed E-state index contributed by atoms with van der Waals surface area (Å²) in [6, 6.07) is 8.93. The summed E-state index contributed by atoms with van der Waals surface area (Å²) in [5, 5.41) is 0. The van der Waals surface area contributed by atoms with Crippen LogP contribution >= 0.6 is 0 Å². The Hall–Kier alpha value is -1.07. The van der Waals surface area contributed by atoms with Crippen LogP contribution in [-0.4, -0.2) is 24.7 Å². The van der Waals surface area contributed by atoms with Crippen molar-refractivity contribution in [3.05, 3.63) is 35.9 Å². The van der Waals surface area contributed by atoms with E-state index in [9.17, 15) is 13.2 Å². The van der Waals surface area contributed by atoms with E-state index in [1.807, 2.05) is 6.07 Å². The Morgan fingerprint density at radius 1 is 1.29 bits per heavy atom. The van der Waals surface area contributed by atoms with Gasteiger partial charge in [-0.1, -0.05) is 30.3 Å². The Labute approximate surface area is 97.3 Å². The average Bonchev–Trinajstić information content (AvgIpc) is 2.94. The number of halogens is 3. The van der Waals surface area contributed by atoms with E-state index in [4.69, 9.17) is 9.47 Å². The highest BCUT2D eigenvalue weighted by atomic mass is 19.4. The first-order valence-corrected chi connectivity index (χ1v) is 5.42. The Morgan fingerprint density at radius 2 is 1.94 bits per heavy atom. The van der Waals surface area contributed by atoms with Crippen molar-refractivity contribution in [3.63, 3.8) is 0 Å². The van der Waals surface area contributed by atoms with Crippen LogP contribution in [0.2, 0.25) is 0 Å². The number of epoxide rings is 1. The first-order chi connectivity index (χ1) is 7.99. The lowest BCUT2D eigenvalue weighted by Gasteiger charge is -2.16. The Balaban J connectivity index is 2.06. The number of hydrogen-bond donors (Lipinski definition) is 0. The van der Waals surface area contributed by atoms with Crippen LogP contribution in [-0.2, 0) is 15.9 Å². The third kappa shape index (κ3) is 2.30. The molecule has 0 saturated carbocycles. The van der Waals surface area contributed by atoms with Gasteiger partial charge < -0.3 is 9.47 Å². The van der Waals surface area contributed by atoms with Crippen molar-refractivity contribution < 1.29 is 22.6 Å². The summed E-state index contributed by atoms with van der Waals surface area (Å²) < 4.78 is 47.9. The zero-order valence-electron chi connectivity index (χ0n) is 9.33. The number of ether oxygens (including phenoxy) is 2. The summed E-state index contributed by atoms with van der Waals surface area (Å²) in [5.74, 6) is -2.39. The third-order valence-corrected chi connectivity index (χ3v) is 2.70. The van der Waals surface area contributed by atoms with Crippen LogP contribution in [0.25, 0.3) is 0 Å². The van der Waals surface area contributed by atoms with Gasteiger partial charge in [0.05, 0.1) is 0 Å². The quantitative estimate of drug-likeness (QED) is 0.762. The fourth-order valence-electron chi connectivity index (χ4n) is 1.85. The number of hydrogen-bond acceptors (Lipinski definition) is 2. The Morgan fingerprint density at radius 3 is 2.47 bits per heavy atom. The van der Waals surface area contributed by atoms with E-state index in [1.54, 1.807) is 24.3 Å². The SMILES string of the molecule is CCOC1(C(F)(F)F)OC1Cc1ccccc1. The molecule has 0 aliphatic carbocycles. The van der Waals surface area contributed by atoms with Crippen molar-refractivity contribution in [1.29, 1.82) is 0 Å². The highest BCUT2D eigenvalue weighted by Gasteiger charge is 2.75. The van der Waals surface area contributed by atoms with E-state index in [1.165, 1.54) is 6.92 Å². The van der Waals surface area contributed by atoms with Crippen LogP contribution in [0.5, 0.6) is 0 Å². The van der Waals surface area contributed by atoms with E-state index >= 15 is 0 Å². The minimum absolute atomic E-state index is 0.0230. The van der Waals surface area contributed by atoms with Crippen molar-refractivity contribution in [2.24, 2.45) is 0 Å². The van der Waals surface area contributed by atoms with Gasteiger partial charge in [-0.25, -0.2) is 0 Å². The molecule has 1 aliphatic rings. The van der Waals surface area contributed by atoms with Crippen LogP contribution in [0.4, 0.5) is 13.2 Å². The molecule has 1 aromatic rings. The lowest BCUT2D eigenvalue weighted by molar-refractivity contribution is -0.270. The van der Waals surface area contributed by atoms with Gasteiger partial charge >= 0.3 is 6.18 Å². The van der Waals surface area contributed by atoms with Crippen LogP contribution in [0.3, 0.4) is 0 Å². The Bertz CT molecular complexity index is 377. The molecule has 1 aromatic carbocycles. The summed E-state index contributed by atoms with van der Waals surface area (Å²) in [6.07, 6.45) is -5.21. The largest absolute Gasteiger partial charge is 0.446 e. The molecule has 17 heavy (non-hydrogen) atoms. The van der Waals surface area contributed by atoms with Gasteiger partial charge in [-0.15, -0.1) is 0 Å². The standard InChI is InChI=1S/C12H13F3O2/c1-2-16-11(12(13,14)15)10(17-11)8-9-6-4-3-5-7-9/h3-7,10H,2,8H2,1H3. The van der Waals surface area contributed by atoms with Crippen molar-refractivity contribution in [2.45, 2.75) is 31.4 Å². The number of benzene rings is 1. The van der Waals surface area contributed by atoms with Gasteiger partial charge in [0, 0.05) is 13.0 Å². The smallest absolute Gasteiger partial charge is 0.341 e. The monoisotopic (exact) mass is 246 g/mol. The molecule has 1 saturated heterocycles. The second-order valence-corrected chi connectivity index (χ2v) is 3.89. The van der Waals surface area contributed by atoms with Crippen molar-refractivity contribution in [1.82, 2.24) is 0 Å². The summed E-state index contributed by atoms with van der Waals surface area (Å²) in [6.45, 7) is 1.50. The normalized spacial score (nSPS) is 28.1. The lowest BCUT2D eigenvalue weighted by Crippen LogP contribution is -2.38. The maximum absolute atomic E-state index is 12.8. The van der Waals surface area contributed by atoms with Crippen molar-refractivity contribution in [3.8, 4) is 0 Å². The zero-order chi connectivity index (χ0) is 12.5. The first kappa shape index (κ1) is 12.4. The lowest BCUT2D eigenvalue weighted by atomic mass is 10.1. The van der Waals surface area contributed by atoms with Gasteiger partial charge in [0.1, 0.15) is 6.10 Å². The maximum atomic E-state index is 12.8. The van der Waals surface area contributed by atoms with E-state index < -0.39 is 18.1 Å². The molecular weight excluding hydrogens is 233 g/mol. The molecule has 2 atom stereocenters. The van der Waals surface area contributed by atoms with E-state index in [0.29, 0.717) is 0 Å². The second-order valence-electron chi connectivity index (χ2n) is 3.89. The molecule has 1 aliphatic heterocycles. The molecule has 1 fully saturated rings. The van der Waals surface area contributed by atoms with E-state index in [0.717, 1.165) is 5.56 Å². The third-order valence-electron chi connectivity index (χ3n) is 2.70. The van der Waals surface area contributed by atoms with Gasteiger partial charge in [-0.3, -0.25) is 0 Å². The van der Waals surface area contributed by atoms with E-state index in [-0.39, 0.29) is 13.0 Å². The molecule has 0 N–H and O–H groups in total. The molecular formula is C12H13F3O2. The molecule has 0 spiro atoms. The van der Waals surface area contributed by atoms with E-state index in [2.05, 4.69) is 0 Å². The van der Waals surface area contributed by atoms with Crippen LogP contribution in [0.1, 0.15) is 12.5 Å². The fraction of sp³-hybridized carbons (Fsp3) is 0.500. The molecule has 2 rings (SSSR count). The molecule has 0 aromatic heterocycles. The van der Waals surface area contributed by atoms with Crippen LogP contribution in [0, 0.1) is 0 Å². The molecule has 2 nitrogen and oxygen atoms in total. The maximum Gasteiger partial charge on any atom is 0.446 e. The van der Waals surface area contributed by atoms with Crippen LogP contribution < -0.4 is 0 Å². The summed E-state index contributed by atoms with van der Waals surface area (Å²) in [4.78, 5) is 0. The fourth-order valence-corrected chi connectivity index (χ4v) is 1.85. The van der Waals surface area contributed by atoms with Crippen LogP contribution in [0.15, 0.2) is 30.3 Å². The first-order valence-electron chi connectivity index (χ1n) is 5.42. The van der Waals surface area contributed by atoms with Gasteiger partial charge in [0.2, 0.25) is 0 Å². The molecule has 1 heterocycles. The number of rotatable bonds is 4. The highest BCUT2D eigenvalue weighted by molar-refractivity contribution is 5.19. The number of alkyl halides is 3. The average molecular weight is 246 g/mol. The molecule has 0 amide bonds. The van der Waals surface area contributed by atoms with Gasteiger partial charge in [0.15, 0.2) is 0 Å². The molecule has 0 bridgehead atoms. The zero-order valence-corrected chi connectivity index (χ0v) is 9.33. The molecule has 2 unspecified atom stereocenters. The van der Waals surface area contributed by atoms with Gasteiger partial charge in [0.25, 0.3) is 5.79 Å². The molecule has 5 heteroatoms. The predicted molar refractivity (Wildman–Crippen MR) is 55.4 cm³/mol. The van der Waals surface area contributed by atoms with Gasteiger partial charge in [-0.05, 0) is 12.5 Å². The van der Waals surface area contributed by atoms with Crippen molar-refractivity contribution in [2.75, 3.05) is 6.61 Å². The predicted octanol–water partition coefficient (Wildman–Crippen LogP) is 2.92. The second kappa shape index (κ2) is 4.31. The minimum Gasteiger partial charge on any atom is -0.341 e. The summed E-state index contributed by atoms with van der Waals surface area (Å²) in [7, 11) is 0. The molecule has 94 valence electrons. The summed E-state index contributed by atoms with van der Waals surface area (Å²) >= 11 is 0. The topological polar surface area (TPSA) is 21.8 Å². The Kier molecular flexibility index (Phi) is 3.14. The summed E-state index contributed by atoms with van der Waals surface area (Å²) in [5.41, 5.74) is 0.809. The van der Waals surface area contributed by atoms with Crippen molar-refractivity contribution >= 4 is 0 Å². The van der Waals surface area contributed by atoms with Gasteiger partial charge in [-0.2, -0.15) is 13.2 Å². The highest BCUT2D eigenvalue weighted by Crippen LogP contribution is 2.51. The molecule has 0 radical (unpaired) electrons. The minimum atomic E-state index is -4.48.